The summed E-state index contributed by atoms with van der Waals surface area (Å²) in [5.74, 6) is 0. The van der Waals surface area contributed by atoms with Crippen molar-refractivity contribution in [3.8, 4) is 0 Å². The van der Waals surface area contributed by atoms with Crippen LogP contribution in [0.1, 0.15) is 19.3 Å². The second-order valence-electron chi connectivity index (χ2n) is 3.39. The van der Waals surface area contributed by atoms with Crippen LogP contribution < -0.4 is 5.32 Å². The molecule has 2 saturated heterocycles. The number of nitrogens with zero attached hydrogens (tertiary/aromatic N) is 1. The molecule has 58 valence electrons. The number of hydrogen-bond donors (Lipinski definition) is 1. The molecule has 1 atom stereocenters. The Labute approximate surface area is 62.6 Å². The number of rotatable bonds is 1. The molecule has 1 N–H and O–H groups in total. The van der Waals surface area contributed by atoms with E-state index in [9.17, 15) is 0 Å². The molecule has 0 bridgehead atoms. The summed E-state index contributed by atoms with van der Waals surface area (Å²) < 4.78 is 0. The van der Waals surface area contributed by atoms with Crippen LogP contribution in [-0.2, 0) is 0 Å². The van der Waals surface area contributed by atoms with Gasteiger partial charge in [-0.3, -0.25) is 4.90 Å². The third-order valence-electron chi connectivity index (χ3n) is 2.68. The summed E-state index contributed by atoms with van der Waals surface area (Å²) >= 11 is 0. The van der Waals surface area contributed by atoms with Gasteiger partial charge in [-0.15, -0.1) is 0 Å². The van der Waals surface area contributed by atoms with Crippen LogP contribution in [0, 0.1) is 0 Å². The predicted octanol–water partition coefficient (Wildman–Crippen LogP) is 0.444. The highest BCUT2D eigenvalue weighted by atomic mass is 15.2. The molecule has 0 saturated carbocycles. The van der Waals surface area contributed by atoms with Crippen LogP contribution in [0.25, 0.3) is 0 Å². The van der Waals surface area contributed by atoms with Crippen LogP contribution in [0.15, 0.2) is 0 Å². The van der Waals surface area contributed by atoms with Gasteiger partial charge in [0.1, 0.15) is 0 Å². The fraction of sp³-hybridized carbons (Fsp3) is 1.00. The number of nitrogens with one attached hydrogen (secondary N) is 1. The molecule has 1 unspecified atom stereocenters. The molecule has 0 aliphatic carbocycles. The van der Waals surface area contributed by atoms with E-state index in [1.54, 1.807) is 0 Å². The summed E-state index contributed by atoms with van der Waals surface area (Å²) in [7, 11) is 0. The maximum atomic E-state index is 3.44. The Balaban J connectivity index is 1.78. The largest absolute Gasteiger partial charge is 0.315 e. The minimum atomic E-state index is 0.877. The molecule has 0 radical (unpaired) electrons. The smallest absolute Gasteiger partial charge is 0.0221 e. The monoisotopic (exact) mass is 140 g/mol. The van der Waals surface area contributed by atoms with Crippen molar-refractivity contribution in [3.63, 3.8) is 0 Å². The molecule has 2 fully saturated rings. The predicted molar refractivity (Wildman–Crippen MR) is 42.1 cm³/mol. The summed E-state index contributed by atoms with van der Waals surface area (Å²) in [5.41, 5.74) is 0. The van der Waals surface area contributed by atoms with E-state index < -0.39 is 0 Å². The van der Waals surface area contributed by atoms with Crippen LogP contribution in [0.2, 0.25) is 0 Å². The molecule has 2 rings (SSSR count). The van der Waals surface area contributed by atoms with Crippen LogP contribution in [0.4, 0.5) is 0 Å². The zero-order valence-electron chi connectivity index (χ0n) is 6.47. The Hall–Kier alpha value is -0.0800. The topological polar surface area (TPSA) is 15.3 Å². The van der Waals surface area contributed by atoms with Gasteiger partial charge in [0.2, 0.25) is 0 Å². The van der Waals surface area contributed by atoms with Crippen molar-refractivity contribution >= 4 is 0 Å². The van der Waals surface area contributed by atoms with Gasteiger partial charge in [-0.05, 0) is 38.9 Å². The summed E-state index contributed by atoms with van der Waals surface area (Å²) in [6.45, 7) is 5.18. The number of hydrogen-bond acceptors (Lipinski definition) is 2. The quantitative estimate of drug-likeness (QED) is 0.568. The van der Waals surface area contributed by atoms with Crippen molar-refractivity contribution in [2.45, 2.75) is 25.3 Å². The zero-order valence-corrected chi connectivity index (χ0v) is 6.47. The van der Waals surface area contributed by atoms with E-state index >= 15 is 0 Å². The molecular weight excluding hydrogens is 124 g/mol. The summed E-state index contributed by atoms with van der Waals surface area (Å²) in [5, 5.41) is 3.44. The molecule has 10 heavy (non-hydrogen) atoms. The first-order valence-corrected chi connectivity index (χ1v) is 4.41. The van der Waals surface area contributed by atoms with Gasteiger partial charge < -0.3 is 5.32 Å². The first-order chi connectivity index (χ1) is 4.97. The van der Waals surface area contributed by atoms with E-state index in [0.29, 0.717) is 0 Å². The van der Waals surface area contributed by atoms with Crippen molar-refractivity contribution in [2.24, 2.45) is 0 Å². The average molecular weight is 140 g/mol. The van der Waals surface area contributed by atoms with E-state index in [1.807, 2.05) is 0 Å². The van der Waals surface area contributed by atoms with Gasteiger partial charge in [-0.25, -0.2) is 0 Å². The molecule has 0 aromatic rings. The molecule has 0 aromatic carbocycles. The Kier molecular flexibility index (Phi) is 1.91. The fourth-order valence-electron chi connectivity index (χ4n) is 1.85. The van der Waals surface area contributed by atoms with E-state index in [2.05, 4.69) is 10.2 Å². The lowest BCUT2D eigenvalue weighted by Crippen LogP contribution is -2.51. The molecule has 2 heteroatoms. The molecule has 2 heterocycles. The lowest BCUT2D eigenvalue weighted by atomic mass is 10.0. The van der Waals surface area contributed by atoms with Gasteiger partial charge in [0.05, 0.1) is 0 Å². The molecule has 2 aliphatic heterocycles. The van der Waals surface area contributed by atoms with Gasteiger partial charge >= 0.3 is 0 Å². The minimum Gasteiger partial charge on any atom is -0.315 e. The molecule has 0 spiro atoms. The van der Waals surface area contributed by atoms with Crippen molar-refractivity contribution in [3.05, 3.63) is 0 Å². The molecular formula is C8H16N2. The van der Waals surface area contributed by atoms with Crippen molar-refractivity contribution in [2.75, 3.05) is 26.2 Å². The van der Waals surface area contributed by atoms with E-state index in [-0.39, 0.29) is 0 Å². The van der Waals surface area contributed by atoms with Crippen LogP contribution in [0.3, 0.4) is 0 Å². The number of piperidine rings is 1. The summed E-state index contributed by atoms with van der Waals surface area (Å²) in [6.07, 6.45) is 4.23. The molecule has 2 nitrogen and oxygen atoms in total. The van der Waals surface area contributed by atoms with Crippen molar-refractivity contribution in [1.82, 2.24) is 10.2 Å². The van der Waals surface area contributed by atoms with Gasteiger partial charge in [0.25, 0.3) is 0 Å². The highest BCUT2D eigenvalue weighted by Gasteiger charge is 2.24. The third kappa shape index (κ3) is 1.18. The van der Waals surface area contributed by atoms with Crippen molar-refractivity contribution < 1.29 is 0 Å². The molecule has 2 aliphatic rings. The van der Waals surface area contributed by atoms with E-state index in [4.69, 9.17) is 0 Å². The van der Waals surface area contributed by atoms with Gasteiger partial charge in [-0.2, -0.15) is 0 Å². The highest BCUT2D eigenvalue weighted by Crippen LogP contribution is 2.16. The zero-order chi connectivity index (χ0) is 6.81. The lowest BCUT2D eigenvalue weighted by molar-refractivity contribution is 0.0991. The number of likely N-dealkylation sites (tertiary alicyclic amines) is 1. The maximum absolute atomic E-state index is 3.44. The first-order valence-electron chi connectivity index (χ1n) is 4.41. The third-order valence-corrected chi connectivity index (χ3v) is 2.68. The highest BCUT2D eigenvalue weighted by molar-refractivity contribution is 4.82. The Bertz CT molecular complexity index is 104. The van der Waals surface area contributed by atoms with Gasteiger partial charge in [0.15, 0.2) is 0 Å². The Morgan fingerprint density at radius 1 is 1.20 bits per heavy atom. The molecule has 0 amide bonds. The first kappa shape index (κ1) is 6.62. The second kappa shape index (κ2) is 2.89. The van der Waals surface area contributed by atoms with Crippen LogP contribution in [-0.4, -0.2) is 37.1 Å². The summed E-state index contributed by atoms with van der Waals surface area (Å²) in [6, 6.07) is 0.877. The SMILES string of the molecule is C1CNCC(N2CCC2)C1. The van der Waals surface area contributed by atoms with Crippen molar-refractivity contribution in [1.29, 1.82) is 0 Å². The van der Waals surface area contributed by atoms with E-state index in [1.165, 1.54) is 45.4 Å². The molecule has 0 aromatic heterocycles. The Morgan fingerprint density at radius 2 is 2.10 bits per heavy atom. The van der Waals surface area contributed by atoms with E-state index in [0.717, 1.165) is 6.04 Å². The fourth-order valence-corrected chi connectivity index (χ4v) is 1.85. The van der Waals surface area contributed by atoms with Crippen LogP contribution >= 0.6 is 0 Å². The normalized spacial score (nSPS) is 35.4. The average Bonchev–Trinajstić information content (AvgIpc) is 1.86. The summed E-state index contributed by atoms with van der Waals surface area (Å²) in [4.78, 5) is 2.60. The standard InChI is InChI=1S/C8H16N2/c1-3-8(7-9-4-1)10-5-2-6-10/h8-9H,1-7H2. The Morgan fingerprint density at radius 3 is 2.60 bits per heavy atom. The maximum Gasteiger partial charge on any atom is 0.0221 e. The van der Waals surface area contributed by atoms with Crippen LogP contribution in [0.5, 0.6) is 0 Å². The van der Waals surface area contributed by atoms with Gasteiger partial charge in [0, 0.05) is 12.6 Å². The second-order valence-corrected chi connectivity index (χ2v) is 3.39. The van der Waals surface area contributed by atoms with Gasteiger partial charge in [-0.1, -0.05) is 0 Å². The lowest BCUT2D eigenvalue weighted by Gasteiger charge is -2.40. The minimum absolute atomic E-state index is 0.877.